The van der Waals surface area contributed by atoms with Crippen LogP contribution in [0, 0.1) is 0 Å². The zero-order valence-corrected chi connectivity index (χ0v) is 17.9. The lowest BCUT2D eigenvalue weighted by molar-refractivity contribution is -0.136. The summed E-state index contributed by atoms with van der Waals surface area (Å²) in [5.41, 5.74) is 2.44. The van der Waals surface area contributed by atoms with Crippen LogP contribution in [0.25, 0.3) is 11.3 Å². The maximum absolute atomic E-state index is 12.4. The third-order valence-corrected chi connectivity index (χ3v) is 5.54. The van der Waals surface area contributed by atoms with Gasteiger partial charge in [-0.2, -0.15) is 0 Å². The number of anilines is 1. The molecule has 1 fully saturated rings. The number of rotatable bonds is 6. The predicted molar refractivity (Wildman–Crippen MR) is 120 cm³/mol. The van der Waals surface area contributed by atoms with Gasteiger partial charge in [-0.1, -0.05) is 30.3 Å². The number of methoxy groups -OCH3 is 1. The first-order valence-corrected chi connectivity index (χ1v) is 10.6. The summed E-state index contributed by atoms with van der Waals surface area (Å²) >= 11 is 0. The normalized spacial score (nSPS) is 14.7. The van der Waals surface area contributed by atoms with Crippen LogP contribution in [-0.2, 0) is 16.1 Å². The second-order valence-electron chi connectivity index (χ2n) is 7.74. The summed E-state index contributed by atoms with van der Waals surface area (Å²) in [7, 11) is 1.53. The van der Waals surface area contributed by atoms with Gasteiger partial charge in [-0.15, -0.1) is 0 Å². The number of amides is 2. The zero-order valence-electron chi connectivity index (χ0n) is 17.9. The van der Waals surface area contributed by atoms with Crippen LogP contribution in [0.1, 0.15) is 18.4 Å². The Morgan fingerprint density at radius 3 is 2.59 bits per heavy atom. The van der Waals surface area contributed by atoms with Crippen molar-refractivity contribution >= 4 is 17.5 Å². The number of benzene rings is 2. The van der Waals surface area contributed by atoms with E-state index in [1.807, 2.05) is 18.2 Å². The third-order valence-electron chi connectivity index (χ3n) is 5.54. The molecule has 4 rings (SSSR count). The van der Waals surface area contributed by atoms with Crippen LogP contribution in [-0.4, -0.2) is 47.9 Å². The summed E-state index contributed by atoms with van der Waals surface area (Å²) in [6.45, 7) is 2.65. The topological polar surface area (TPSA) is 96.7 Å². The van der Waals surface area contributed by atoms with Gasteiger partial charge in [-0.3, -0.25) is 14.5 Å². The molecule has 0 saturated carbocycles. The van der Waals surface area contributed by atoms with Gasteiger partial charge in [-0.25, -0.2) is 4.98 Å². The molecule has 1 aromatic heterocycles. The lowest BCUT2D eigenvalue weighted by Gasteiger charge is -2.32. The van der Waals surface area contributed by atoms with Crippen molar-refractivity contribution in [1.82, 2.24) is 15.2 Å². The molecule has 8 nitrogen and oxygen atoms in total. The van der Waals surface area contributed by atoms with E-state index < -0.39 is 11.8 Å². The van der Waals surface area contributed by atoms with Crippen LogP contribution in [0.3, 0.4) is 0 Å². The van der Waals surface area contributed by atoms with E-state index in [9.17, 15) is 9.59 Å². The Morgan fingerprint density at radius 1 is 1.12 bits per heavy atom. The van der Waals surface area contributed by atoms with Gasteiger partial charge >= 0.3 is 11.8 Å². The minimum Gasteiger partial charge on any atom is -0.496 e. The van der Waals surface area contributed by atoms with Gasteiger partial charge in [0.2, 0.25) is 0 Å². The SMILES string of the molecule is COc1cc(NC(=O)C(=O)NC2CCN(Cc3ccccc3)CC2)ccc1-c1cnco1. The Morgan fingerprint density at radius 2 is 1.91 bits per heavy atom. The molecule has 8 heteroatoms. The number of carbonyl (C=O) groups is 2. The van der Waals surface area contributed by atoms with Crippen molar-refractivity contribution in [3.05, 3.63) is 66.7 Å². The van der Waals surface area contributed by atoms with Crippen LogP contribution in [0.15, 0.2) is 65.5 Å². The van der Waals surface area contributed by atoms with E-state index in [2.05, 4.69) is 32.7 Å². The Bertz CT molecular complexity index is 1050. The van der Waals surface area contributed by atoms with Gasteiger partial charge in [0.1, 0.15) is 5.75 Å². The largest absolute Gasteiger partial charge is 0.496 e. The first kappa shape index (κ1) is 21.6. The van der Waals surface area contributed by atoms with Crippen LogP contribution in [0.2, 0.25) is 0 Å². The number of piperidine rings is 1. The number of oxazole rings is 1. The van der Waals surface area contributed by atoms with Crippen molar-refractivity contribution < 1.29 is 18.7 Å². The molecule has 1 aliphatic rings. The van der Waals surface area contributed by atoms with E-state index in [1.54, 1.807) is 24.4 Å². The molecule has 1 aliphatic heterocycles. The van der Waals surface area contributed by atoms with Crippen molar-refractivity contribution in [2.45, 2.75) is 25.4 Å². The molecule has 3 aromatic rings. The molecule has 2 aromatic carbocycles. The first-order valence-electron chi connectivity index (χ1n) is 10.6. The highest BCUT2D eigenvalue weighted by atomic mass is 16.5. The summed E-state index contributed by atoms with van der Waals surface area (Å²) < 4.78 is 10.7. The second kappa shape index (κ2) is 10.1. The molecule has 32 heavy (non-hydrogen) atoms. The van der Waals surface area contributed by atoms with Gasteiger partial charge in [0.05, 0.1) is 18.9 Å². The minimum atomic E-state index is -0.703. The van der Waals surface area contributed by atoms with Crippen molar-refractivity contribution in [1.29, 1.82) is 0 Å². The molecule has 1 saturated heterocycles. The lowest BCUT2D eigenvalue weighted by Crippen LogP contribution is -2.47. The van der Waals surface area contributed by atoms with Crippen molar-refractivity contribution in [2.24, 2.45) is 0 Å². The average Bonchev–Trinajstić information content (AvgIpc) is 3.35. The number of hydrogen-bond donors (Lipinski definition) is 2. The van der Waals surface area contributed by atoms with E-state index in [-0.39, 0.29) is 6.04 Å². The Balaban J connectivity index is 1.28. The number of hydrogen-bond acceptors (Lipinski definition) is 6. The van der Waals surface area contributed by atoms with Gasteiger partial charge in [0.15, 0.2) is 12.2 Å². The predicted octanol–water partition coefficient (Wildman–Crippen LogP) is 3.07. The van der Waals surface area contributed by atoms with Crippen molar-refractivity contribution in [2.75, 3.05) is 25.5 Å². The van der Waals surface area contributed by atoms with Gasteiger partial charge in [-0.05, 0) is 30.5 Å². The Hall–Kier alpha value is -3.65. The molecule has 2 heterocycles. The van der Waals surface area contributed by atoms with Crippen molar-refractivity contribution in [3.63, 3.8) is 0 Å². The standard InChI is InChI=1S/C24H26N4O4/c1-31-21-13-19(7-8-20(21)22-14-25-16-32-22)27-24(30)23(29)26-18-9-11-28(12-10-18)15-17-5-3-2-4-6-17/h2-8,13-14,16,18H,9-12,15H2,1H3,(H,26,29)(H,27,30). The quantitative estimate of drug-likeness (QED) is 0.579. The summed E-state index contributed by atoms with van der Waals surface area (Å²) in [4.78, 5) is 31.1. The zero-order chi connectivity index (χ0) is 22.3. The molecule has 0 atom stereocenters. The van der Waals surface area contributed by atoms with Crippen LogP contribution >= 0.6 is 0 Å². The summed E-state index contributed by atoms with van der Waals surface area (Å²) in [5, 5.41) is 5.49. The summed E-state index contributed by atoms with van der Waals surface area (Å²) in [6.07, 6.45) is 4.53. The van der Waals surface area contributed by atoms with Gasteiger partial charge in [0.25, 0.3) is 0 Å². The number of aromatic nitrogens is 1. The molecule has 2 N–H and O–H groups in total. The van der Waals surface area contributed by atoms with E-state index in [4.69, 9.17) is 9.15 Å². The number of nitrogens with one attached hydrogen (secondary N) is 2. The van der Waals surface area contributed by atoms with Crippen LogP contribution < -0.4 is 15.4 Å². The maximum atomic E-state index is 12.4. The van der Waals surface area contributed by atoms with Crippen LogP contribution in [0.4, 0.5) is 5.69 Å². The van der Waals surface area contributed by atoms with E-state index in [0.717, 1.165) is 32.5 Å². The smallest absolute Gasteiger partial charge is 0.313 e. The minimum absolute atomic E-state index is 0.0105. The fraction of sp³-hybridized carbons (Fsp3) is 0.292. The van der Waals surface area contributed by atoms with Gasteiger partial charge in [0, 0.05) is 37.4 Å². The highest BCUT2D eigenvalue weighted by molar-refractivity contribution is 6.39. The Kier molecular flexibility index (Phi) is 6.81. The van der Waals surface area contributed by atoms with E-state index in [0.29, 0.717) is 22.8 Å². The molecule has 0 radical (unpaired) electrons. The van der Waals surface area contributed by atoms with Gasteiger partial charge < -0.3 is 19.8 Å². The number of likely N-dealkylation sites (tertiary alicyclic amines) is 1. The molecule has 2 amide bonds. The fourth-order valence-corrected chi connectivity index (χ4v) is 3.84. The molecular formula is C24H26N4O4. The maximum Gasteiger partial charge on any atom is 0.313 e. The molecule has 0 unspecified atom stereocenters. The van der Waals surface area contributed by atoms with E-state index >= 15 is 0 Å². The molecule has 0 aliphatic carbocycles. The van der Waals surface area contributed by atoms with Crippen LogP contribution in [0.5, 0.6) is 5.75 Å². The molecular weight excluding hydrogens is 408 g/mol. The highest BCUT2D eigenvalue weighted by Gasteiger charge is 2.24. The molecule has 166 valence electrons. The Labute approximate surface area is 186 Å². The summed E-state index contributed by atoms with van der Waals surface area (Å²) in [6, 6.07) is 15.4. The van der Waals surface area contributed by atoms with Crippen molar-refractivity contribution in [3.8, 4) is 17.1 Å². The summed E-state index contributed by atoms with van der Waals surface area (Å²) in [5.74, 6) is -0.280. The molecule has 0 spiro atoms. The number of carbonyl (C=O) groups excluding carboxylic acids is 2. The first-order chi connectivity index (χ1) is 15.6. The number of ether oxygens (including phenoxy) is 1. The number of nitrogens with zero attached hydrogens (tertiary/aromatic N) is 2. The fourth-order valence-electron chi connectivity index (χ4n) is 3.84. The monoisotopic (exact) mass is 434 g/mol. The molecule has 0 bridgehead atoms. The second-order valence-corrected chi connectivity index (χ2v) is 7.74. The van der Waals surface area contributed by atoms with E-state index in [1.165, 1.54) is 19.1 Å². The lowest BCUT2D eigenvalue weighted by atomic mass is 10.0. The highest BCUT2D eigenvalue weighted by Crippen LogP contribution is 2.32. The third kappa shape index (κ3) is 5.33. The average molecular weight is 434 g/mol.